The fraction of sp³-hybridized carbons (Fsp3) is 0.550. The smallest absolute Gasteiger partial charge is 0.475 e. The summed E-state index contributed by atoms with van der Waals surface area (Å²) in [4.78, 5) is 23.5. The molecule has 4 rings (SSSR count). The molecule has 176 valence electrons. The summed E-state index contributed by atoms with van der Waals surface area (Å²) in [5.41, 5.74) is 1.65. The van der Waals surface area contributed by atoms with Gasteiger partial charge in [0.2, 0.25) is 0 Å². The Morgan fingerprint density at radius 1 is 1.34 bits per heavy atom. The van der Waals surface area contributed by atoms with Crippen molar-refractivity contribution in [1.29, 1.82) is 0 Å². The number of nitrogens with zero attached hydrogens (tertiary/aromatic N) is 3. The van der Waals surface area contributed by atoms with Gasteiger partial charge in [0, 0.05) is 57.3 Å². The van der Waals surface area contributed by atoms with E-state index in [2.05, 4.69) is 15.4 Å². The number of likely N-dealkylation sites (tertiary alicyclic amines) is 1. The number of halogens is 3. The standard InChI is InChI=1S/C18H24N4O3.C2HF3O2/c1-12-6-14(20-25-12)8-22-9-15-13(11-24-17(15)10-22)7-19-18(23)16-4-3-5-21(16)2;3-2(4,5)1(6)7/h3-6,13,15,17H,7-11H2,1-2H3,(H,19,23);(H,6,7)/t13-,15-,17-;/m1./s1. The SMILES string of the molecule is Cc1cc(CN2C[C@@H]3[C@H](CNC(=O)c4cccn4C)CO[C@@H]3C2)no1.O=C(O)C(F)(F)F. The van der Waals surface area contributed by atoms with Crippen molar-refractivity contribution in [3.05, 3.63) is 41.5 Å². The quantitative estimate of drug-likeness (QED) is 0.704. The van der Waals surface area contributed by atoms with Crippen molar-refractivity contribution in [3.8, 4) is 0 Å². The van der Waals surface area contributed by atoms with Crippen LogP contribution >= 0.6 is 0 Å². The van der Waals surface area contributed by atoms with Gasteiger partial charge in [0.25, 0.3) is 5.91 Å². The molecule has 0 saturated carbocycles. The number of aromatic nitrogens is 2. The number of carboxylic acid groups (broad SMARTS) is 1. The lowest BCUT2D eigenvalue weighted by Gasteiger charge is -2.19. The van der Waals surface area contributed by atoms with Gasteiger partial charge in [-0.3, -0.25) is 9.69 Å². The third kappa shape index (κ3) is 5.88. The molecule has 3 atom stereocenters. The second-order valence-corrected chi connectivity index (χ2v) is 7.94. The Balaban J connectivity index is 0.000000360. The molecule has 2 saturated heterocycles. The lowest BCUT2D eigenvalue weighted by molar-refractivity contribution is -0.192. The van der Waals surface area contributed by atoms with Gasteiger partial charge < -0.3 is 24.3 Å². The second kappa shape index (κ2) is 9.74. The van der Waals surface area contributed by atoms with Gasteiger partial charge in [0.05, 0.1) is 18.4 Å². The van der Waals surface area contributed by atoms with Crippen molar-refractivity contribution in [2.75, 3.05) is 26.2 Å². The molecule has 0 aromatic carbocycles. The fourth-order valence-electron chi connectivity index (χ4n) is 3.95. The first-order chi connectivity index (χ1) is 15.0. The van der Waals surface area contributed by atoms with Gasteiger partial charge in [-0.25, -0.2) is 4.79 Å². The van der Waals surface area contributed by atoms with Gasteiger partial charge in [-0.1, -0.05) is 5.16 Å². The van der Waals surface area contributed by atoms with E-state index >= 15 is 0 Å². The fourth-order valence-corrected chi connectivity index (χ4v) is 3.95. The average Bonchev–Trinajstić information content (AvgIpc) is 3.46. The van der Waals surface area contributed by atoms with Crippen molar-refractivity contribution in [3.63, 3.8) is 0 Å². The number of nitrogens with one attached hydrogen (secondary N) is 1. The highest BCUT2D eigenvalue weighted by Crippen LogP contribution is 2.34. The predicted molar refractivity (Wildman–Crippen MR) is 105 cm³/mol. The number of hydrogen-bond donors (Lipinski definition) is 2. The maximum atomic E-state index is 12.3. The lowest BCUT2D eigenvalue weighted by Crippen LogP contribution is -2.34. The molecule has 32 heavy (non-hydrogen) atoms. The van der Waals surface area contributed by atoms with Crippen LogP contribution in [0.4, 0.5) is 13.2 Å². The van der Waals surface area contributed by atoms with E-state index in [0.29, 0.717) is 24.1 Å². The van der Waals surface area contributed by atoms with E-state index in [9.17, 15) is 18.0 Å². The molecule has 0 aliphatic carbocycles. The first kappa shape index (κ1) is 23.8. The molecule has 0 spiro atoms. The van der Waals surface area contributed by atoms with E-state index in [0.717, 1.165) is 37.7 Å². The summed E-state index contributed by atoms with van der Waals surface area (Å²) < 4.78 is 44.7. The zero-order chi connectivity index (χ0) is 23.5. The number of fused-ring (bicyclic) bond motifs is 1. The normalized spacial score (nSPS) is 22.8. The number of amides is 1. The summed E-state index contributed by atoms with van der Waals surface area (Å²) in [5.74, 6) is -1.12. The second-order valence-electron chi connectivity index (χ2n) is 7.94. The summed E-state index contributed by atoms with van der Waals surface area (Å²) >= 11 is 0. The Bertz CT molecular complexity index is 942. The molecule has 0 unspecified atom stereocenters. The van der Waals surface area contributed by atoms with Crippen molar-refractivity contribution in [1.82, 2.24) is 19.9 Å². The van der Waals surface area contributed by atoms with Crippen molar-refractivity contribution in [2.24, 2.45) is 18.9 Å². The number of carbonyl (C=O) groups is 2. The summed E-state index contributed by atoms with van der Waals surface area (Å²) in [6.45, 7) is 5.96. The first-order valence-electron chi connectivity index (χ1n) is 10.0. The Hall–Kier alpha value is -2.86. The summed E-state index contributed by atoms with van der Waals surface area (Å²) in [6, 6.07) is 5.69. The molecule has 2 aromatic heterocycles. The van der Waals surface area contributed by atoms with Crippen LogP contribution in [0, 0.1) is 18.8 Å². The number of alkyl halides is 3. The topological polar surface area (TPSA) is 110 Å². The third-order valence-electron chi connectivity index (χ3n) is 5.52. The zero-order valence-electron chi connectivity index (χ0n) is 17.6. The van der Waals surface area contributed by atoms with E-state index in [4.69, 9.17) is 19.2 Å². The van der Waals surface area contributed by atoms with Crippen molar-refractivity contribution >= 4 is 11.9 Å². The van der Waals surface area contributed by atoms with E-state index in [-0.39, 0.29) is 12.0 Å². The largest absolute Gasteiger partial charge is 0.490 e. The molecule has 2 N–H and O–H groups in total. The van der Waals surface area contributed by atoms with Crippen LogP contribution in [0.5, 0.6) is 0 Å². The molecule has 9 nitrogen and oxygen atoms in total. The Morgan fingerprint density at radius 3 is 2.62 bits per heavy atom. The molecule has 12 heteroatoms. The molecule has 2 fully saturated rings. The monoisotopic (exact) mass is 458 g/mol. The minimum Gasteiger partial charge on any atom is -0.475 e. The summed E-state index contributed by atoms with van der Waals surface area (Å²) in [7, 11) is 1.88. The van der Waals surface area contributed by atoms with E-state index in [1.54, 1.807) is 0 Å². The number of ether oxygens (including phenoxy) is 1. The van der Waals surface area contributed by atoms with Crippen LogP contribution in [0.2, 0.25) is 0 Å². The van der Waals surface area contributed by atoms with E-state index in [1.165, 1.54) is 0 Å². The predicted octanol–water partition coefficient (Wildman–Crippen LogP) is 1.83. The summed E-state index contributed by atoms with van der Waals surface area (Å²) in [6.07, 6.45) is -2.95. The highest BCUT2D eigenvalue weighted by atomic mass is 19.4. The minimum atomic E-state index is -5.08. The van der Waals surface area contributed by atoms with Crippen molar-refractivity contribution < 1.29 is 37.1 Å². The Labute approximate surface area is 182 Å². The first-order valence-corrected chi connectivity index (χ1v) is 10.0. The number of hydrogen-bond acceptors (Lipinski definition) is 6. The molecule has 0 radical (unpaired) electrons. The highest BCUT2D eigenvalue weighted by Gasteiger charge is 2.43. The minimum absolute atomic E-state index is 0.0242. The van der Waals surface area contributed by atoms with E-state index in [1.807, 2.05) is 42.9 Å². The van der Waals surface area contributed by atoms with Gasteiger partial charge in [-0.05, 0) is 19.1 Å². The van der Waals surface area contributed by atoms with Gasteiger partial charge in [0.15, 0.2) is 0 Å². The van der Waals surface area contributed by atoms with E-state index < -0.39 is 12.1 Å². The molecular weight excluding hydrogens is 433 g/mol. The van der Waals surface area contributed by atoms with Crippen LogP contribution in [0.1, 0.15) is 21.9 Å². The molecule has 0 bridgehead atoms. The summed E-state index contributed by atoms with van der Waals surface area (Å²) in [5, 5.41) is 14.3. The number of rotatable bonds is 5. The van der Waals surface area contributed by atoms with Gasteiger partial charge >= 0.3 is 12.1 Å². The van der Waals surface area contributed by atoms with Crippen LogP contribution < -0.4 is 5.32 Å². The van der Waals surface area contributed by atoms with Crippen LogP contribution in [-0.2, 0) is 23.1 Å². The van der Waals surface area contributed by atoms with Gasteiger partial charge in [-0.15, -0.1) is 0 Å². The number of carbonyl (C=O) groups excluding carboxylic acids is 1. The average molecular weight is 458 g/mol. The van der Waals surface area contributed by atoms with Crippen LogP contribution in [0.15, 0.2) is 28.9 Å². The van der Waals surface area contributed by atoms with Crippen molar-refractivity contribution in [2.45, 2.75) is 25.7 Å². The number of aliphatic carboxylic acids is 1. The molecule has 2 aliphatic heterocycles. The Morgan fingerprint density at radius 2 is 2.06 bits per heavy atom. The lowest BCUT2D eigenvalue weighted by atomic mass is 9.93. The highest BCUT2D eigenvalue weighted by molar-refractivity contribution is 5.92. The van der Waals surface area contributed by atoms with Crippen LogP contribution in [-0.4, -0.2) is 70.1 Å². The Kier molecular flexibility index (Phi) is 7.24. The maximum Gasteiger partial charge on any atom is 0.490 e. The van der Waals surface area contributed by atoms with Crippen LogP contribution in [0.3, 0.4) is 0 Å². The zero-order valence-corrected chi connectivity index (χ0v) is 17.6. The number of aryl methyl sites for hydroxylation is 2. The van der Waals surface area contributed by atoms with Crippen LogP contribution in [0.25, 0.3) is 0 Å². The molecule has 1 amide bonds. The molecule has 2 aliphatic rings. The molecule has 4 heterocycles. The van der Waals surface area contributed by atoms with Gasteiger partial charge in [-0.2, -0.15) is 13.2 Å². The third-order valence-corrected chi connectivity index (χ3v) is 5.52. The molecule has 2 aromatic rings. The molecular formula is C20H25F3N4O5. The maximum absolute atomic E-state index is 12.3. The number of carboxylic acids is 1. The van der Waals surface area contributed by atoms with Gasteiger partial charge in [0.1, 0.15) is 11.5 Å².